The van der Waals surface area contributed by atoms with Gasteiger partial charge >= 0.3 is 0 Å². The summed E-state index contributed by atoms with van der Waals surface area (Å²) in [6.07, 6.45) is 7.87. The first-order valence-electron chi connectivity index (χ1n) is 9.96. The van der Waals surface area contributed by atoms with Crippen LogP contribution in [-0.4, -0.2) is 70.9 Å². The SMILES string of the molecule is C=CC1NN=C(C(=O)N2CC(N(C)C)C2)C1C1=CNC(c2cn[nH]c2C)C=C1C. The number of nitrogens with zero attached hydrogens (tertiary/aromatic N) is 4. The maximum Gasteiger partial charge on any atom is 0.270 e. The fourth-order valence-electron chi connectivity index (χ4n) is 4.15. The predicted octanol–water partition coefficient (Wildman–Crippen LogP) is 1.10. The van der Waals surface area contributed by atoms with Crippen molar-refractivity contribution in [3.63, 3.8) is 0 Å². The Balaban J connectivity index is 1.54. The molecule has 3 atom stereocenters. The molecule has 29 heavy (non-hydrogen) atoms. The number of hydrogen-bond donors (Lipinski definition) is 3. The third-order valence-corrected chi connectivity index (χ3v) is 6.17. The smallest absolute Gasteiger partial charge is 0.270 e. The normalized spacial score (nSPS) is 26.9. The molecular weight excluding hydrogens is 366 g/mol. The van der Waals surface area contributed by atoms with Gasteiger partial charge in [0.25, 0.3) is 5.91 Å². The lowest BCUT2D eigenvalue weighted by atomic mass is 9.82. The number of carbonyl (C=O) groups excluding carboxylic acids is 1. The Morgan fingerprint density at radius 3 is 2.69 bits per heavy atom. The number of amides is 1. The number of H-pyrrole nitrogens is 1. The van der Waals surface area contributed by atoms with E-state index >= 15 is 0 Å². The zero-order valence-electron chi connectivity index (χ0n) is 17.4. The molecule has 0 bridgehead atoms. The molecule has 0 aliphatic carbocycles. The average Bonchev–Trinajstić information content (AvgIpc) is 3.25. The Bertz CT molecular complexity index is 904. The van der Waals surface area contributed by atoms with Gasteiger partial charge in [-0.05, 0) is 39.1 Å². The van der Waals surface area contributed by atoms with Crippen LogP contribution >= 0.6 is 0 Å². The topological polar surface area (TPSA) is 88.7 Å². The number of likely N-dealkylation sites (N-methyl/N-ethyl adjacent to an activating group) is 1. The standard InChI is InChI=1S/C21H29N7O/c1-6-17-19(20(26-25-17)21(29)28-10-14(11-28)27(4)5)15-8-22-18(7-12(15)2)16-9-23-24-13(16)3/h6-9,14,17-19,22,25H,1,10-11H2,2-5H3,(H,23,24). The van der Waals surface area contributed by atoms with E-state index in [2.05, 4.69) is 50.5 Å². The van der Waals surface area contributed by atoms with Crippen LogP contribution in [0.5, 0.6) is 0 Å². The van der Waals surface area contributed by atoms with Crippen molar-refractivity contribution in [2.24, 2.45) is 11.0 Å². The number of nitrogens with one attached hydrogen (secondary N) is 3. The summed E-state index contributed by atoms with van der Waals surface area (Å²) in [4.78, 5) is 17.2. The maximum atomic E-state index is 13.1. The van der Waals surface area contributed by atoms with Gasteiger partial charge in [0.1, 0.15) is 5.71 Å². The molecule has 3 unspecified atom stereocenters. The largest absolute Gasteiger partial charge is 0.380 e. The number of rotatable bonds is 5. The molecule has 1 aromatic heterocycles. The Kier molecular flexibility index (Phi) is 5.04. The molecule has 0 aromatic carbocycles. The van der Waals surface area contributed by atoms with Crippen molar-refractivity contribution in [2.75, 3.05) is 27.2 Å². The molecule has 8 heteroatoms. The van der Waals surface area contributed by atoms with E-state index in [1.54, 1.807) is 0 Å². The summed E-state index contributed by atoms with van der Waals surface area (Å²) in [6, 6.07) is 0.364. The second-order valence-corrected chi connectivity index (χ2v) is 8.24. The number of allylic oxidation sites excluding steroid dienone is 1. The number of aromatic amines is 1. The molecule has 3 N–H and O–H groups in total. The summed E-state index contributed by atoms with van der Waals surface area (Å²) >= 11 is 0. The molecule has 0 spiro atoms. The van der Waals surface area contributed by atoms with E-state index < -0.39 is 0 Å². The number of dihydropyridines is 1. The van der Waals surface area contributed by atoms with Gasteiger partial charge in [-0.3, -0.25) is 9.89 Å². The van der Waals surface area contributed by atoms with E-state index in [4.69, 9.17) is 0 Å². The van der Waals surface area contributed by atoms with Crippen molar-refractivity contribution in [1.82, 2.24) is 30.7 Å². The summed E-state index contributed by atoms with van der Waals surface area (Å²) in [6.45, 7) is 9.52. The van der Waals surface area contributed by atoms with Crippen molar-refractivity contribution < 1.29 is 4.79 Å². The fourth-order valence-corrected chi connectivity index (χ4v) is 4.15. The minimum atomic E-state index is -0.159. The van der Waals surface area contributed by atoms with Crippen LogP contribution in [0.3, 0.4) is 0 Å². The Labute approximate surface area is 171 Å². The first kappa shape index (κ1) is 19.4. The van der Waals surface area contributed by atoms with Crippen molar-refractivity contribution in [1.29, 1.82) is 0 Å². The van der Waals surface area contributed by atoms with Crippen LogP contribution < -0.4 is 10.7 Å². The summed E-state index contributed by atoms with van der Waals surface area (Å²) in [5.41, 5.74) is 8.00. The molecule has 154 valence electrons. The molecule has 8 nitrogen and oxygen atoms in total. The highest BCUT2D eigenvalue weighted by Gasteiger charge is 2.42. The number of hydrazone groups is 1. The van der Waals surface area contributed by atoms with Gasteiger partial charge < -0.3 is 20.5 Å². The van der Waals surface area contributed by atoms with Crippen molar-refractivity contribution in [2.45, 2.75) is 32.0 Å². The van der Waals surface area contributed by atoms with Gasteiger partial charge in [-0.1, -0.05) is 12.2 Å². The van der Waals surface area contributed by atoms with Crippen molar-refractivity contribution in [3.05, 3.63) is 53.5 Å². The summed E-state index contributed by atoms with van der Waals surface area (Å²) in [5, 5.41) is 15.0. The van der Waals surface area contributed by atoms with E-state index in [1.807, 2.05) is 44.4 Å². The molecule has 4 heterocycles. The quantitative estimate of drug-likeness (QED) is 0.650. The van der Waals surface area contributed by atoms with Gasteiger partial charge in [0, 0.05) is 36.6 Å². The summed E-state index contributed by atoms with van der Waals surface area (Å²) in [5.74, 6) is -0.153. The van der Waals surface area contributed by atoms with Gasteiger partial charge in [0.2, 0.25) is 0 Å². The molecule has 0 radical (unpaired) electrons. The second-order valence-electron chi connectivity index (χ2n) is 8.24. The average molecular weight is 396 g/mol. The lowest BCUT2D eigenvalue weighted by Gasteiger charge is -2.43. The zero-order chi connectivity index (χ0) is 20.7. The lowest BCUT2D eigenvalue weighted by molar-refractivity contribution is -0.130. The number of hydrogen-bond acceptors (Lipinski definition) is 6. The lowest BCUT2D eigenvalue weighted by Crippen LogP contribution is -2.61. The second kappa shape index (κ2) is 7.51. The summed E-state index contributed by atoms with van der Waals surface area (Å²) in [7, 11) is 4.09. The fraction of sp³-hybridized carbons (Fsp3) is 0.476. The summed E-state index contributed by atoms with van der Waals surface area (Å²) < 4.78 is 0. The molecule has 4 rings (SSSR count). The van der Waals surface area contributed by atoms with Gasteiger partial charge in [-0.2, -0.15) is 10.2 Å². The van der Waals surface area contributed by atoms with Crippen LogP contribution in [0.15, 0.2) is 47.4 Å². The molecule has 3 aliphatic rings. The van der Waals surface area contributed by atoms with E-state index in [-0.39, 0.29) is 23.9 Å². The highest BCUT2D eigenvalue weighted by Crippen LogP contribution is 2.34. The Morgan fingerprint density at radius 2 is 2.10 bits per heavy atom. The molecule has 3 aliphatic heterocycles. The number of aromatic nitrogens is 2. The first-order chi connectivity index (χ1) is 13.9. The van der Waals surface area contributed by atoms with Crippen molar-refractivity contribution in [3.8, 4) is 0 Å². The highest BCUT2D eigenvalue weighted by atomic mass is 16.2. The minimum absolute atomic E-state index is 0.00597. The highest BCUT2D eigenvalue weighted by molar-refractivity contribution is 6.41. The Hall–Kier alpha value is -2.87. The molecule has 1 saturated heterocycles. The minimum Gasteiger partial charge on any atom is -0.380 e. The molecule has 1 fully saturated rings. The van der Waals surface area contributed by atoms with Gasteiger partial charge in [0.05, 0.1) is 24.2 Å². The van der Waals surface area contributed by atoms with Crippen LogP contribution in [0.1, 0.15) is 24.2 Å². The number of aryl methyl sites for hydroxylation is 1. The van der Waals surface area contributed by atoms with Crippen LogP contribution in [0, 0.1) is 12.8 Å². The van der Waals surface area contributed by atoms with Crippen molar-refractivity contribution >= 4 is 11.6 Å². The van der Waals surface area contributed by atoms with Crippen LogP contribution in [0.25, 0.3) is 0 Å². The van der Waals surface area contributed by atoms with E-state index in [0.29, 0.717) is 11.8 Å². The van der Waals surface area contributed by atoms with Crippen LogP contribution in [0.4, 0.5) is 0 Å². The Morgan fingerprint density at radius 1 is 1.34 bits per heavy atom. The molecular formula is C21H29N7O. The van der Waals surface area contributed by atoms with Gasteiger partial charge in [-0.25, -0.2) is 0 Å². The first-order valence-corrected chi connectivity index (χ1v) is 9.96. The maximum absolute atomic E-state index is 13.1. The van der Waals surface area contributed by atoms with Gasteiger partial charge in [-0.15, -0.1) is 6.58 Å². The molecule has 1 amide bonds. The van der Waals surface area contributed by atoms with E-state index in [0.717, 1.165) is 35.5 Å². The predicted molar refractivity (Wildman–Crippen MR) is 113 cm³/mol. The zero-order valence-corrected chi connectivity index (χ0v) is 17.4. The third-order valence-electron chi connectivity index (χ3n) is 6.17. The number of likely N-dealkylation sites (tertiary alicyclic amines) is 1. The van der Waals surface area contributed by atoms with Crippen LogP contribution in [0.2, 0.25) is 0 Å². The van der Waals surface area contributed by atoms with E-state index in [9.17, 15) is 4.79 Å². The van der Waals surface area contributed by atoms with Crippen LogP contribution in [-0.2, 0) is 4.79 Å². The monoisotopic (exact) mass is 395 g/mol. The van der Waals surface area contributed by atoms with Gasteiger partial charge in [0.15, 0.2) is 0 Å². The molecule has 1 aromatic rings. The third kappa shape index (κ3) is 3.37. The number of carbonyl (C=O) groups is 1. The molecule has 0 saturated carbocycles. The van der Waals surface area contributed by atoms with E-state index in [1.165, 1.54) is 0 Å².